The molecule has 2 N–H and O–H groups in total. The normalized spacial score (nSPS) is 10.5. The van der Waals surface area contributed by atoms with Gasteiger partial charge in [0.15, 0.2) is 0 Å². The number of amides is 2. The summed E-state index contributed by atoms with van der Waals surface area (Å²) in [5.41, 5.74) is 4.67. The number of hydrogen-bond acceptors (Lipinski definition) is 4. The molecule has 0 atom stereocenters. The van der Waals surface area contributed by atoms with E-state index < -0.39 is 11.8 Å². The number of anilines is 1. The van der Waals surface area contributed by atoms with Gasteiger partial charge in [0.1, 0.15) is 5.75 Å². The standard InChI is InChI=1S/C19H21N3O3/c1-3-14-8-10-16(11-9-14)21-18(23)19(24)22-20-13-15-6-5-7-17(12-15)25-4-2/h5-13H,3-4H2,1-2H3,(H,21,23)(H,22,24)/b20-13-. The molecule has 0 saturated heterocycles. The first-order valence-electron chi connectivity index (χ1n) is 8.08. The van der Waals surface area contributed by atoms with Crippen LogP contribution in [0.5, 0.6) is 5.75 Å². The molecule has 2 aromatic carbocycles. The molecule has 130 valence electrons. The third-order valence-corrected chi connectivity index (χ3v) is 3.38. The lowest BCUT2D eigenvalue weighted by Gasteiger charge is -2.05. The number of rotatable bonds is 6. The zero-order valence-corrected chi connectivity index (χ0v) is 14.3. The molecular formula is C19H21N3O3. The van der Waals surface area contributed by atoms with Crippen molar-refractivity contribution >= 4 is 23.7 Å². The van der Waals surface area contributed by atoms with Gasteiger partial charge in [-0.15, -0.1) is 0 Å². The summed E-state index contributed by atoms with van der Waals surface area (Å²) in [7, 11) is 0. The van der Waals surface area contributed by atoms with E-state index in [9.17, 15) is 9.59 Å². The van der Waals surface area contributed by atoms with Crippen LogP contribution in [0.1, 0.15) is 25.0 Å². The second kappa shape index (κ2) is 9.22. The van der Waals surface area contributed by atoms with Crippen LogP contribution in [-0.4, -0.2) is 24.6 Å². The third-order valence-electron chi connectivity index (χ3n) is 3.38. The van der Waals surface area contributed by atoms with Gasteiger partial charge in [-0.1, -0.05) is 31.2 Å². The van der Waals surface area contributed by atoms with Gasteiger partial charge in [0.05, 0.1) is 12.8 Å². The summed E-state index contributed by atoms with van der Waals surface area (Å²) in [5.74, 6) is -0.896. The molecule has 0 radical (unpaired) electrons. The van der Waals surface area contributed by atoms with Crippen LogP contribution < -0.4 is 15.5 Å². The van der Waals surface area contributed by atoms with Gasteiger partial charge in [-0.25, -0.2) is 5.43 Å². The van der Waals surface area contributed by atoms with Crippen LogP contribution in [-0.2, 0) is 16.0 Å². The summed E-state index contributed by atoms with van der Waals surface area (Å²) in [6, 6.07) is 14.6. The lowest BCUT2D eigenvalue weighted by molar-refractivity contribution is -0.136. The molecule has 0 heterocycles. The maximum absolute atomic E-state index is 11.8. The first kappa shape index (κ1) is 18.2. The SMILES string of the molecule is CCOc1cccc(/C=N\NC(=O)C(=O)Nc2ccc(CC)cc2)c1. The van der Waals surface area contributed by atoms with Gasteiger partial charge in [-0.2, -0.15) is 5.10 Å². The van der Waals surface area contributed by atoms with Gasteiger partial charge in [0, 0.05) is 5.69 Å². The Hall–Kier alpha value is -3.15. The van der Waals surface area contributed by atoms with E-state index in [1.165, 1.54) is 6.21 Å². The van der Waals surface area contributed by atoms with Crippen molar-refractivity contribution < 1.29 is 14.3 Å². The van der Waals surface area contributed by atoms with Crippen LogP contribution in [0.4, 0.5) is 5.69 Å². The van der Waals surface area contributed by atoms with E-state index in [0.29, 0.717) is 18.0 Å². The molecule has 2 aromatic rings. The van der Waals surface area contributed by atoms with Gasteiger partial charge in [0.25, 0.3) is 0 Å². The van der Waals surface area contributed by atoms with Crippen molar-refractivity contribution in [3.63, 3.8) is 0 Å². The zero-order valence-electron chi connectivity index (χ0n) is 14.3. The van der Waals surface area contributed by atoms with Crippen molar-refractivity contribution in [1.29, 1.82) is 0 Å². The fraction of sp³-hybridized carbons (Fsp3) is 0.211. The highest BCUT2D eigenvalue weighted by Gasteiger charge is 2.12. The fourth-order valence-corrected chi connectivity index (χ4v) is 2.08. The van der Waals surface area contributed by atoms with Gasteiger partial charge in [-0.3, -0.25) is 9.59 Å². The van der Waals surface area contributed by atoms with E-state index in [4.69, 9.17) is 4.74 Å². The molecule has 2 amide bonds. The Labute approximate surface area is 146 Å². The summed E-state index contributed by atoms with van der Waals surface area (Å²) >= 11 is 0. The second-order valence-corrected chi connectivity index (χ2v) is 5.21. The lowest BCUT2D eigenvalue weighted by atomic mass is 10.1. The molecule has 0 fully saturated rings. The minimum atomic E-state index is -0.836. The number of hydrogen-bond donors (Lipinski definition) is 2. The Kier molecular flexibility index (Phi) is 6.71. The van der Waals surface area contributed by atoms with Gasteiger partial charge in [-0.05, 0) is 48.7 Å². The van der Waals surface area contributed by atoms with Crippen LogP contribution in [0.3, 0.4) is 0 Å². The highest BCUT2D eigenvalue weighted by molar-refractivity contribution is 6.39. The number of benzene rings is 2. The second-order valence-electron chi connectivity index (χ2n) is 5.21. The van der Waals surface area contributed by atoms with E-state index in [1.807, 2.05) is 44.2 Å². The Balaban J connectivity index is 1.88. The average Bonchev–Trinajstić information content (AvgIpc) is 2.63. The summed E-state index contributed by atoms with van der Waals surface area (Å²) < 4.78 is 5.38. The van der Waals surface area contributed by atoms with Crippen molar-refractivity contribution in [1.82, 2.24) is 5.43 Å². The Bertz CT molecular complexity index is 755. The topological polar surface area (TPSA) is 79.8 Å². The van der Waals surface area contributed by atoms with Crippen molar-refractivity contribution in [2.24, 2.45) is 5.10 Å². The highest BCUT2D eigenvalue weighted by Crippen LogP contribution is 2.12. The van der Waals surface area contributed by atoms with E-state index in [-0.39, 0.29) is 0 Å². The molecule has 25 heavy (non-hydrogen) atoms. The Morgan fingerprint density at radius 1 is 1.08 bits per heavy atom. The first-order valence-corrected chi connectivity index (χ1v) is 8.08. The average molecular weight is 339 g/mol. The van der Waals surface area contributed by atoms with E-state index in [0.717, 1.165) is 17.5 Å². The molecule has 0 aromatic heterocycles. The summed E-state index contributed by atoms with van der Waals surface area (Å²) in [4.78, 5) is 23.6. The van der Waals surface area contributed by atoms with Crippen molar-refractivity contribution in [3.8, 4) is 5.75 Å². The van der Waals surface area contributed by atoms with Crippen LogP contribution in [0.15, 0.2) is 53.6 Å². The smallest absolute Gasteiger partial charge is 0.329 e. The number of carbonyl (C=O) groups excluding carboxylic acids is 2. The quantitative estimate of drug-likeness (QED) is 0.482. The number of carbonyl (C=O) groups is 2. The van der Waals surface area contributed by atoms with Gasteiger partial charge in [0.2, 0.25) is 0 Å². The number of nitrogens with zero attached hydrogens (tertiary/aromatic N) is 1. The van der Waals surface area contributed by atoms with E-state index >= 15 is 0 Å². The van der Waals surface area contributed by atoms with Crippen LogP contribution >= 0.6 is 0 Å². The van der Waals surface area contributed by atoms with E-state index in [1.54, 1.807) is 18.2 Å². The number of nitrogens with one attached hydrogen (secondary N) is 2. The minimum absolute atomic E-state index is 0.561. The molecule has 2 rings (SSSR count). The molecule has 0 aliphatic heterocycles. The monoisotopic (exact) mass is 339 g/mol. The maximum Gasteiger partial charge on any atom is 0.329 e. The lowest BCUT2D eigenvalue weighted by Crippen LogP contribution is -2.32. The molecular weight excluding hydrogens is 318 g/mol. The summed E-state index contributed by atoms with van der Waals surface area (Å²) in [5, 5.41) is 6.31. The summed E-state index contributed by atoms with van der Waals surface area (Å²) in [6.07, 6.45) is 2.36. The molecule has 0 bridgehead atoms. The van der Waals surface area contributed by atoms with Gasteiger partial charge < -0.3 is 10.1 Å². The van der Waals surface area contributed by atoms with Gasteiger partial charge >= 0.3 is 11.8 Å². The highest BCUT2D eigenvalue weighted by atomic mass is 16.5. The maximum atomic E-state index is 11.8. The van der Waals surface area contributed by atoms with Crippen molar-refractivity contribution in [3.05, 3.63) is 59.7 Å². The van der Waals surface area contributed by atoms with Crippen molar-refractivity contribution in [2.75, 3.05) is 11.9 Å². The van der Waals surface area contributed by atoms with E-state index in [2.05, 4.69) is 15.8 Å². The molecule has 0 aliphatic rings. The minimum Gasteiger partial charge on any atom is -0.494 e. The molecule has 6 nitrogen and oxygen atoms in total. The van der Waals surface area contributed by atoms with Crippen LogP contribution in [0.2, 0.25) is 0 Å². The van der Waals surface area contributed by atoms with Crippen LogP contribution in [0, 0.1) is 0 Å². The third kappa shape index (κ3) is 5.76. The number of hydrazone groups is 1. The Morgan fingerprint density at radius 3 is 2.52 bits per heavy atom. The fourth-order valence-electron chi connectivity index (χ4n) is 2.08. The largest absolute Gasteiger partial charge is 0.494 e. The summed E-state index contributed by atoms with van der Waals surface area (Å²) in [6.45, 7) is 4.51. The van der Waals surface area contributed by atoms with Crippen LogP contribution in [0.25, 0.3) is 0 Å². The molecule has 0 spiro atoms. The number of ether oxygens (including phenoxy) is 1. The zero-order chi connectivity index (χ0) is 18.1. The molecule has 6 heteroatoms. The molecule has 0 aliphatic carbocycles. The van der Waals surface area contributed by atoms with Crippen molar-refractivity contribution in [2.45, 2.75) is 20.3 Å². The predicted molar refractivity (Wildman–Crippen MR) is 97.8 cm³/mol. The molecule has 0 unspecified atom stereocenters. The molecule has 0 saturated carbocycles. The number of aryl methyl sites for hydroxylation is 1. The first-order chi connectivity index (χ1) is 12.1. The Morgan fingerprint density at radius 2 is 1.84 bits per heavy atom. The predicted octanol–water partition coefficient (Wildman–Crippen LogP) is 2.74.